The van der Waals surface area contributed by atoms with Gasteiger partial charge in [0.1, 0.15) is 11.0 Å². The number of carbonyl (C=O) groups excluding carboxylic acids is 1. The highest BCUT2D eigenvalue weighted by molar-refractivity contribution is 7.13. The highest BCUT2D eigenvalue weighted by atomic mass is 35.5. The molecule has 1 saturated heterocycles. The number of carbonyl (C=O) groups is 1. The van der Waals surface area contributed by atoms with Crippen molar-refractivity contribution in [2.45, 2.75) is 0 Å². The molecule has 0 unspecified atom stereocenters. The van der Waals surface area contributed by atoms with Gasteiger partial charge in [-0.25, -0.2) is 14.4 Å². The second-order valence-electron chi connectivity index (χ2n) is 4.59. The Hall–Kier alpha value is -1.73. The summed E-state index contributed by atoms with van der Waals surface area (Å²) in [7, 11) is 0. The molecule has 0 aliphatic carbocycles. The maximum atomic E-state index is 13.2. The number of hydrogen-bond donors (Lipinski definition) is 0. The van der Waals surface area contributed by atoms with Crippen LogP contribution >= 0.6 is 22.9 Å². The predicted molar refractivity (Wildman–Crippen MR) is 79.4 cm³/mol. The molecule has 8 heteroatoms. The lowest BCUT2D eigenvalue weighted by Gasteiger charge is -2.34. The van der Waals surface area contributed by atoms with Gasteiger partial charge in [-0.3, -0.25) is 4.79 Å². The number of anilines is 1. The second kappa shape index (κ2) is 5.95. The van der Waals surface area contributed by atoms with E-state index in [1.807, 2.05) is 5.38 Å². The van der Waals surface area contributed by atoms with Crippen molar-refractivity contribution in [2.24, 2.45) is 0 Å². The summed E-state index contributed by atoms with van der Waals surface area (Å²) in [4.78, 5) is 24.1. The zero-order valence-electron chi connectivity index (χ0n) is 11.0. The molecule has 2 aromatic rings. The summed E-state index contributed by atoms with van der Waals surface area (Å²) in [6, 6.07) is 1.13. The molecular weight excluding hydrogens is 315 g/mol. The SMILES string of the molecule is O=C(c1cc(F)cnc1Cl)N1CCN(c2nccs2)CC1. The maximum absolute atomic E-state index is 13.2. The van der Waals surface area contributed by atoms with Crippen molar-refractivity contribution in [1.29, 1.82) is 0 Å². The molecule has 0 spiro atoms. The molecule has 3 heterocycles. The molecule has 0 bridgehead atoms. The van der Waals surface area contributed by atoms with Gasteiger partial charge in [0.25, 0.3) is 5.91 Å². The van der Waals surface area contributed by atoms with Gasteiger partial charge in [-0.1, -0.05) is 11.6 Å². The molecule has 110 valence electrons. The first kappa shape index (κ1) is 14.2. The smallest absolute Gasteiger partial charge is 0.257 e. The van der Waals surface area contributed by atoms with Crippen molar-refractivity contribution in [2.75, 3.05) is 31.1 Å². The molecule has 3 rings (SSSR count). The molecule has 2 aromatic heterocycles. The van der Waals surface area contributed by atoms with E-state index < -0.39 is 5.82 Å². The first-order valence-electron chi connectivity index (χ1n) is 6.40. The Bertz CT molecular complexity index is 644. The summed E-state index contributed by atoms with van der Waals surface area (Å²) in [6.45, 7) is 2.48. The van der Waals surface area contributed by atoms with E-state index >= 15 is 0 Å². The Balaban J connectivity index is 1.69. The zero-order chi connectivity index (χ0) is 14.8. The Labute approximate surface area is 130 Å². The van der Waals surface area contributed by atoms with E-state index in [-0.39, 0.29) is 16.6 Å². The monoisotopic (exact) mass is 326 g/mol. The van der Waals surface area contributed by atoms with Crippen molar-refractivity contribution in [3.8, 4) is 0 Å². The fraction of sp³-hybridized carbons (Fsp3) is 0.308. The minimum absolute atomic E-state index is 0.0313. The van der Waals surface area contributed by atoms with Crippen LogP contribution in [0, 0.1) is 5.82 Å². The minimum Gasteiger partial charge on any atom is -0.345 e. The average molecular weight is 327 g/mol. The lowest BCUT2D eigenvalue weighted by Crippen LogP contribution is -2.48. The fourth-order valence-corrected chi connectivity index (χ4v) is 3.10. The molecule has 0 atom stereocenters. The molecule has 1 amide bonds. The lowest BCUT2D eigenvalue weighted by atomic mass is 10.2. The van der Waals surface area contributed by atoms with Crippen LogP contribution in [-0.2, 0) is 0 Å². The largest absolute Gasteiger partial charge is 0.345 e. The van der Waals surface area contributed by atoms with Gasteiger partial charge in [0, 0.05) is 37.8 Å². The number of pyridine rings is 1. The molecule has 5 nitrogen and oxygen atoms in total. The van der Waals surface area contributed by atoms with Gasteiger partial charge in [0.2, 0.25) is 0 Å². The van der Waals surface area contributed by atoms with Crippen LogP contribution in [0.5, 0.6) is 0 Å². The Morgan fingerprint density at radius 1 is 1.29 bits per heavy atom. The fourth-order valence-electron chi connectivity index (χ4n) is 2.22. The summed E-state index contributed by atoms with van der Waals surface area (Å²) in [5, 5.41) is 2.90. The van der Waals surface area contributed by atoms with Gasteiger partial charge in [-0.2, -0.15) is 0 Å². The van der Waals surface area contributed by atoms with E-state index in [2.05, 4.69) is 14.9 Å². The molecule has 0 N–H and O–H groups in total. The average Bonchev–Trinajstić information content (AvgIpc) is 3.03. The van der Waals surface area contributed by atoms with Crippen molar-refractivity contribution >= 4 is 34.0 Å². The van der Waals surface area contributed by atoms with Gasteiger partial charge in [-0.05, 0) is 6.07 Å². The number of piperazine rings is 1. The third kappa shape index (κ3) is 2.98. The quantitative estimate of drug-likeness (QED) is 0.795. The molecule has 21 heavy (non-hydrogen) atoms. The number of rotatable bonds is 2. The van der Waals surface area contributed by atoms with E-state index in [0.29, 0.717) is 26.2 Å². The molecule has 0 aromatic carbocycles. The van der Waals surface area contributed by atoms with Crippen LogP contribution in [0.4, 0.5) is 9.52 Å². The first-order valence-corrected chi connectivity index (χ1v) is 7.65. The number of amides is 1. The first-order chi connectivity index (χ1) is 10.1. The number of aromatic nitrogens is 2. The van der Waals surface area contributed by atoms with E-state index in [1.165, 1.54) is 0 Å². The van der Waals surface area contributed by atoms with E-state index in [9.17, 15) is 9.18 Å². The van der Waals surface area contributed by atoms with Crippen LogP contribution in [-0.4, -0.2) is 47.0 Å². The van der Waals surface area contributed by atoms with Crippen LogP contribution in [0.3, 0.4) is 0 Å². The number of nitrogens with zero attached hydrogens (tertiary/aromatic N) is 4. The maximum Gasteiger partial charge on any atom is 0.257 e. The standard InChI is InChI=1S/C13H12ClFN4OS/c14-11-10(7-9(15)8-17-11)12(20)18-2-4-19(5-3-18)13-16-1-6-21-13/h1,6-8H,2-5H2. The molecule has 0 saturated carbocycles. The summed E-state index contributed by atoms with van der Waals surface area (Å²) in [5.74, 6) is -0.852. The number of halogens is 2. The normalized spacial score (nSPS) is 15.3. The summed E-state index contributed by atoms with van der Waals surface area (Å²) >= 11 is 7.45. The van der Waals surface area contributed by atoms with Gasteiger partial charge in [0.05, 0.1) is 11.8 Å². The highest BCUT2D eigenvalue weighted by Crippen LogP contribution is 2.21. The van der Waals surface area contributed by atoms with E-state index in [4.69, 9.17) is 11.6 Å². The summed E-state index contributed by atoms with van der Waals surface area (Å²) in [5.41, 5.74) is 0.111. The van der Waals surface area contributed by atoms with E-state index in [1.54, 1.807) is 22.4 Å². The number of hydrogen-bond acceptors (Lipinski definition) is 5. The third-order valence-corrected chi connectivity index (χ3v) is 4.43. The van der Waals surface area contributed by atoms with Crippen LogP contribution < -0.4 is 4.90 Å². The van der Waals surface area contributed by atoms with Crippen molar-refractivity contribution in [1.82, 2.24) is 14.9 Å². The lowest BCUT2D eigenvalue weighted by molar-refractivity contribution is 0.0746. The van der Waals surface area contributed by atoms with Gasteiger partial charge >= 0.3 is 0 Å². The Morgan fingerprint density at radius 3 is 2.71 bits per heavy atom. The van der Waals surface area contributed by atoms with Crippen LogP contribution in [0.1, 0.15) is 10.4 Å². The van der Waals surface area contributed by atoms with Gasteiger partial charge in [0.15, 0.2) is 5.13 Å². The molecule has 1 fully saturated rings. The topological polar surface area (TPSA) is 49.3 Å². The number of thiazole rings is 1. The van der Waals surface area contributed by atoms with Crippen LogP contribution in [0.2, 0.25) is 5.15 Å². The summed E-state index contributed by atoms with van der Waals surface area (Å²) < 4.78 is 13.2. The van der Waals surface area contributed by atoms with Crippen molar-refractivity contribution < 1.29 is 9.18 Å². The molecule has 0 radical (unpaired) electrons. The third-order valence-electron chi connectivity index (χ3n) is 3.29. The summed E-state index contributed by atoms with van der Waals surface area (Å²) in [6.07, 6.45) is 2.76. The predicted octanol–water partition coefficient (Wildman–Crippen LogP) is 2.29. The van der Waals surface area contributed by atoms with E-state index in [0.717, 1.165) is 17.4 Å². The molecule has 1 aliphatic heterocycles. The Morgan fingerprint density at radius 2 is 2.05 bits per heavy atom. The van der Waals surface area contributed by atoms with Gasteiger partial charge < -0.3 is 9.80 Å². The van der Waals surface area contributed by atoms with Crippen LogP contribution in [0.25, 0.3) is 0 Å². The zero-order valence-corrected chi connectivity index (χ0v) is 12.6. The Kier molecular flexibility index (Phi) is 4.03. The highest BCUT2D eigenvalue weighted by Gasteiger charge is 2.25. The second-order valence-corrected chi connectivity index (χ2v) is 5.82. The minimum atomic E-state index is -0.566. The van der Waals surface area contributed by atoms with Crippen LogP contribution in [0.15, 0.2) is 23.8 Å². The van der Waals surface area contributed by atoms with Crippen molar-refractivity contribution in [3.63, 3.8) is 0 Å². The molecule has 1 aliphatic rings. The van der Waals surface area contributed by atoms with Gasteiger partial charge in [-0.15, -0.1) is 11.3 Å². The van der Waals surface area contributed by atoms with Crippen molar-refractivity contribution in [3.05, 3.63) is 40.4 Å². The molecular formula is C13H12ClFN4OS.